The highest BCUT2D eigenvalue weighted by Crippen LogP contribution is 2.30. The maximum Gasteiger partial charge on any atom is 0.193 e. The Morgan fingerprint density at radius 2 is 2.11 bits per heavy atom. The molecule has 0 radical (unpaired) electrons. The second kappa shape index (κ2) is 5.24. The van der Waals surface area contributed by atoms with Crippen LogP contribution in [0.25, 0.3) is 0 Å². The van der Waals surface area contributed by atoms with E-state index >= 15 is 0 Å². The van der Waals surface area contributed by atoms with Crippen molar-refractivity contribution in [3.8, 4) is 0 Å². The summed E-state index contributed by atoms with van der Waals surface area (Å²) in [4.78, 5) is 4.59. The van der Waals surface area contributed by atoms with Crippen molar-refractivity contribution in [1.82, 2.24) is 0 Å². The summed E-state index contributed by atoms with van der Waals surface area (Å²) in [6.07, 6.45) is 7.40. The molecule has 1 aromatic carbocycles. The summed E-state index contributed by atoms with van der Waals surface area (Å²) < 4.78 is 0. The lowest BCUT2D eigenvalue weighted by atomic mass is 9.82. The van der Waals surface area contributed by atoms with Gasteiger partial charge in [-0.05, 0) is 61.6 Å². The molecule has 1 saturated carbocycles. The van der Waals surface area contributed by atoms with E-state index in [4.69, 9.17) is 5.73 Å². The van der Waals surface area contributed by atoms with E-state index in [2.05, 4.69) is 35.4 Å². The molecule has 0 aromatic heterocycles. The summed E-state index contributed by atoms with van der Waals surface area (Å²) in [6, 6.07) is 6.90. The molecule has 0 amide bonds. The largest absolute Gasteiger partial charge is 0.370 e. The summed E-state index contributed by atoms with van der Waals surface area (Å²) in [6.45, 7) is 2.25. The summed E-state index contributed by atoms with van der Waals surface area (Å²) >= 11 is 0. The van der Waals surface area contributed by atoms with Crippen LogP contribution in [0, 0.1) is 5.92 Å². The number of nitrogens with zero attached hydrogens (tertiary/aromatic N) is 1. The van der Waals surface area contributed by atoms with E-state index < -0.39 is 0 Å². The Morgan fingerprint density at radius 1 is 1.26 bits per heavy atom. The molecule has 1 aromatic rings. The van der Waals surface area contributed by atoms with Gasteiger partial charge in [-0.15, -0.1) is 0 Å². The third-order valence-electron chi connectivity index (χ3n) is 4.54. The molecule has 0 aliphatic heterocycles. The minimum Gasteiger partial charge on any atom is -0.370 e. The number of aryl methyl sites for hydroxylation is 1. The molecule has 2 aliphatic carbocycles. The Hall–Kier alpha value is -1.51. The predicted octanol–water partition coefficient (Wildman–Crippen LogP) is 3.09. The van der Waals surface area contributed by atoms with Gasteiger partial charge in [-0.25, -0.2) is 4.99 Å². The van der Waals surface area contributed by atoms with Crippen molar-refractivity contribution in [1.29, 1.82) is 0 Å². The van der Waals surface area contributed by atoms with Gasteiger partial charge in [0.25, 0.3) is 0 Å². The van der Waals surface area contributed by atoms with Gasteiger partial charge in [-0.1, -0.05) is 19.1 Å². The summed E-state index contributed by atoms with van der Waals surface area (Å²) in [7, 11) is 0. The van der Waals surface area contributed by atoms with Gasteiger partial charge >= 0.3 is 0 Å². The third-order valence-corrected chi connectivity index (χ3v) is 4.54. The summed E-state index contributed by atoms with van der Waals surface area (Å²) in [5.41, 5.74) is 10.1. The zero-order valence-corrected chi connectivity index (χ0v) is 11.7. The molecular formula is C16H23N3. The molecule has 102 valence electrons. The Labute approximate surface area is 115 Å². The zero-order chi connectivity index (χ0) is 13.2. The number of aliphatic imine (C=N–C) groups is 1. The molecule has 1 fully saturated rings. The van der Waals surface area contributed by atoms with E-state index in [9.17, 15) is 0 Å². The molecule has 3 N–H and O–H groups in total. The van der Waals surface area contributed by atoms with E-state index in [1.165, 1.54) is 43.2 Å². The van der Waals surface area contributed by atoms with Gasteiger partial charge in [0.1, 0.15) is 0 Å². The number of hydrogen-bond acceptors (Lipinski definition) is 1. The van der Waals surface area contributed by atoms with Crippen LogP contribution in [-0.4, -0.2) is 12.0 Å². The first-order chi connectivity index (χ1) is 9.24. The molecular weight excluding hydrogens is 234 g/mol. The summed E-state index contributed by atoms with van der Waals surface area (Å²) in [5, 5.41) is 3.32. The molecule has 3 nitrogen and oxygen atoms in total. The highest BCUT2D eigenvalue weighted by atomic mass is 15.1. The Kier molecular flexibility index (Phi) is 3.45. The maximum atomic E-state index is 6.05. The van der Waals surface area contributed by atoms with Gasteiger partial charge in [0.15, 0.2) is 5.96 Å². The smallest absolute Gasteiger partial charge is 0.193 e. The van der Waals surface area contributed by atoms with E-state index in [0.717, 1.165) is 12.1 Å². The lowest BCUT2D eigenvalue weighted by Gasteiger charge is -2.30. The number of benzene rings is 1. The summed E-state index contributed by atoms with van der Waals surface area (Å²) in [5.74, 6) is 1.26. The third kappa shape index (κ3) is 2.60. The van der Waals surface area contributed by atoms with Crippen LogP contribution in [0.2, 0.25) is 0 Å². The lowest BCUT2D eigenvalue weighted by molar-refractivity contribution is 0.284. The van der Waals surface area contributed by atoms with Gasteiger partial charge in [0, 0.05) is 5.69 Å². The maximum absolute atomic E-state index is 6.05. The number of nitrogens with two attached hydrogens (primary N) is 1. The lowest BCUT2D eigenvalue weighted by Crippen LogP contribution is -2.33. The predicted molar refractivity (Wildman–Crippen MR) is 80.5 cm³/mol. The van der Waals surface area contributed by atoms with Gasteiger partial charge in [-0.2, -0.15) is 0 Å². The van der Waals surface area contributed by atoms with E-state index in [-0.39, 0.29) is 0 Å². The number of guanidine groups is 1. The highest BCUT2D eigenvalue weighted by Gasteiger charge is 2.26. The van der Waals surface area contributed by atoms with Gasteiger partial charge < -0.3 is 11.1 Å². The molecule has 2 aliphatic rings. The number of nitrogens with one attached hydrogen (secondary N) is 1. The first-order valence-electron chi connectivity index (χ1n) is 7.45. The standard InChI is InChI=1S/C16H23N3/c1-11-9-10-14(11)18-16(17)19-15-8-4-6-12-5-2-3-7-13(12)15/h4,6,8,11,14H,2-3,5,7,9-10H2,1H3,(H3,17,18,19). The van der Waals surface area contributed by atoms with Crippen molar-refractivity contribution in [2.45, 2.75) is 51.5 Å². The SMILES string of the molecule is CC1CCC1N=C(N)Nc1cccc2c1CCCC2. The van der Waals surface area contributed by atoms with Crippen molar-refractivity contribution in [3.05, 3.63) is 29.3 Å². The Morgan fingerprint density at radius 3 is 2.84 bits per heavy atom. The van der Waals surface area contributed by atoms with Gasteiger partial charge in [0.2, 0.25) is 0 Å². The second-order valence-electron chi connectivity index (χ2n) is 5.91. The van der Waals surface area contributed by atoms with Crippen LogP contribution in [0.4, 0.5) is 5.69 Å². The Bertz CT molecular complexity index is 493. The van der Waals surface area contributed by atoms with Crippen molar-refractivity contribution in [2.24, 2.45) is 16.6 Å². The van der Waals surface area contributed by atoms with Crippen LogP contribution >= 0.6 is 0 Å². The van der Waals surface area contributed by atoms with E-state index in [1.54, 1.807) is 0 Å². The fraction of sp³-hybridized carbons (Fsp3) is 0.562. The zero-order valence-electron chi connectivity index (χ0n) is 11.7. The fourth-order valence-corrected chi connectivity index (χ4v) is 3.09. The van der Waals surface area contributed by atoms with Crippen molar-refractivity contribution < 1.29 is 0 Å². The van der Waals surface area contributed by atoms with E-state index in [1.807, 2.05) is 0 Å². The van der Waals surface area contributed by atoms with Crippen molar-refractivity contribution >= 4 is 11.6 Å². The molecule has 2 atom stereocenters. The van der Waals surface area contributed by atoms with Crippen LogP contribution < -0.4 is 11.1 Å². The monoisotopic (exact) mass is 257 g/mol. The van der Waals surface area contributed by atoms with E-state index in [0.29, 0.717) is 17.9 Å². The van der Waals surface area contributed by atoms with Gasteiger partial charge in [-0.3, -0.25) is 0 Å². The normalized spacial score (nSPS) is 26.5. The quantitative estimate of drug-likeness (QED) is 0.632. The fourth-order valence-electron chi connectivity index (χ4n) is 3.09. The van der Waals surface area contributed by atoms with Gasteiger partial charge in [0.05, 0.1) is 6.04 Å². The topological polar surface area (TPSA) is 50.4 Å². The minimum absolute atomic E-state index is 0.423. The number of anilines is 1. The average molecular weight is 257 g/mol. The molecule has 0 bridgehead atoms. The number of hydrogen-bond donors (Lipinski definition) is 2. The highest BCUT2D eigenvalue weighted by molar-refractivity contribution is 5.93. The first kappa shape index (κ1) is 12.5. The van der Waals surface area contributed by atoms with Crippen molar-refractivity contribution in [2.75, 3.05) is 5.32 Å². The Balaban J connectivity index is 1.76. The van der Waals surface area contributed by atoms with Crippen LogP contribution in [0.5, 0.6) is 0 Å². The molecule has 0 spiro atoms. The molecule has 3 heteroatoms. The van der Waals surface area contributed by atoms with Crippen LogP contribution in [0.3, 0.4) is 0 Å². The van der Waals surface area contributed by atoms with Crippen molar-refractivity contribution in [3.63, 3.8) is 0 Å². The first-order valence-corrected chi connectivity index (χ1v) is 7.45. The number of rotatable bonds is 2. The minimum atomic E-state index is 0.423. The second-order valence-corrected chi connectivity index (χ2v) is 5.91. The van der Waals surface area contributed by atoms with Crippen LogP contribution in [0.1, 0.15) is 43.7 Å². The molecule has 3 rings (SSSR count). The number of fused-ring (bicyclic) bond motifs is 1. The molecule has 0 heterocycles. The molecule has 0 saturated heterocycles. The van der Waals surface area contributed by atoms with Crippen LogP contribution in [0.15, 0.2) is 23.2 Å². The molecule has 2 unspecified atom stereocenters. The van der Waals surface area contributed by atoms with Crippen LogP contribution in [-0.2, 0) is 12.8 Å². The molecule has 19 heavy (non-hydrogen) atoms. The average Bonchev–Trinajstić information content (AvgIpc) is 2.44.